The zero-order valence-electron chi connectivity index (χ0n) is 20.2. The van der Waals surface area contributed by atoms with Crippen LogP contribution in [0.25, 0.3) is 0 Å². The summed E-state index contributed by atoms with van der Waals surface area (Å²) in [5.41, 5.74) is 3.51. The zero-order valence-corrected chi connectivity index (χ0v) is 20.2. The van der Waals surface area contributed by atoms with Crippen molar-refractivity contribution in [2.24, 2.45) is 0 Å². The highest BCUT2D eigenvalue weighted by molar-refractivity contribution is 5.95. The lowest BCUT2D eigenvalue weighted by Gasteiger charge is -2.36. The maximum absolute atomic E-state index is 12.1. The number of ether oxygens (including phenoxy) is 1. The van der Waals surface area contributed by atoms with E-state index in [0.717, 1.165) is 64.2 Å². The molecule has 4 rings (SSSR count). The molecule has 0 bridgehead atoms. The second kappa shape index (κ2) is 11.9. The molecule has 2 aromatic rings. The Morgan fingerprint density at radius 2 is 1.76 bits per heavy atom. The van der Waals surface area contributed by atoms with E-state index in [1.54, 1.807) is 4.90 Å². The molecular formula is C27H36N4O3. The van der Waals surface area contributed by atoms with Crippen molar-refractivity contribution in [1.82, 2.24) is 10.2 Å². The fourth-order valence-electron chi connectivity index (χ4n) is 4.59. The number of aryl methyl sites for hydroxylation is 1. The summed E-state index contributed by atoms with van der Waals surface area (Å²) in [6.45, 7) is 8.94. The van der Waals surface area contributed by atoms with Gasteiger partial charge in [0.15, 0.2) is 6.61 Å². The highest BCUT2D eigenvalue weighted by Gasteiger charge is 2.21. The standard InChI is InChI=1S/C27H36N4O3/c1-22-6-4-7-24(20-22)30-18-16-29(17-19-30)14-3-2-13-28-26(32)21-34-25-11-9-23(10-12-25)31-15-5-8-27(31)33/h4,6-7,9-12,20H,2-3,5,8,13-19,21H2,1H3,(H,28,32). The summed E-state index contributed by atoms with van der Waals surface area (Å²) < 4.78 is 5.59. The topological polar surface area (TPSA) is 65.1 Å². The number of carbonyl (C=O) groups is 2. The largest absolute Gasteiger partial charge is 0.484 e. The minimum atomic E-state index is -0.106. The van der Waals surface area contributed by atoms with Gasteiger partial charge in [-0.2, -0.15) is 0 Å². The van der Waals surface area contributed by atoms with Crippen LogP contribution < -0.4 is 19.9 Å². The molecule has 2 aliphatic heterocycles. The summed E-state index contributed by atoms with van der Waals surface area (Å²) in [5, 5.41) is 2.94. The summed E-state index contributed by atoms with van der Waals surface area (Å²) in [6.07, 6.45) is 3.55. The number of anilines is 2. The average Bonchev–Trinajstić information content (AvgIpc) is 3.29. The summed E-state index contributed by atoms with van der Waals surface area (Å²) >= 11 is 0. The fourth-order valence-corrected chi connectivity index (χ4v) is 4.59. The van der Waals surface area contributed by atoms with E-state index in [4.69, 9.17) is 4.74 Å². The highest BCUT2D eigenvalue weighted by Crippen LogP contribution is 2.24. The predicted octanol–water partition coefficient (Wildman–Crippen LogP) is 3.22. The van der Waals surface area contributed by atoms with Crippen LogP contribution in [-0.4, -0.2) is 69.1 Å². The van der Waals surface area contributed by atoms with Crippen LogP contribution in [0.5, 0.6) is 5.75 Å². The van der Waals surface area contributed by atoms with Gasteiger partial charge in [-0.1, -0.05) is 12.1 Å². The Hall–Kier alpha value is -3.06. The predicted molar refractivity (Wildman–Crippen MR) is 136 cm³/mol. The van der Waals surface area contributed by atoms with Crippen molar-refractivity contribution >= 4 is 23.2 Å². The minimum absolute atomic E-state index is 0.00289. The number of hydrogen-bond acceptors (Lipinski definition) is 5. The first kappa shape index (κ1) is 24.1. The van der Waals surface area contributed by atoms with Gasteiger partial charge in [0.1, 0.15) is 5.75 Å². The van der Waals surface area contributed by atoms with Crippen LogP contribution in [0, 0.1) is 6.92 Å². The summed E-state index contributed by atoms with van der Waals surface area (Å²) in [5.74, 6) is 0.693. The monoisotopic (exact) mass is 464 g/mol. The van der Waals surface area contributed by atoms with Crippen molar-refractivity contribution in [2.75, 3.05) is 62.2 Å². The molecule has 182 valence electrons. The Labute approximate surface area is 202 Å². The van der Waals surface area contributed by atoms with E-state index in [2.05, 4.69) is 46.3 Å². The number of benzene rings is 2. The number of hydrogen-bond donors (Lipinski definition) is 1. The highest BCUT2D eigenvalue weighted by atomic mass is 16.5. The van der Waals surface area contributed by atoms with E-state index >= 15 is 0 Å². The lowest BCUT2D eigenvalue weighted by Crippen LogP contribution is -2.46. The van der Waals surface area contributed by atoms with Gasteiger partial charge in [0.05, 0.1) is 0 Å². The van der Waals surface area contributed by atoms with Gasteiger partial charge in [0.2, 0.25) is 5.91 Å². The first-order valence-corrected chi connectivity index (χ1v) is 12.4. The molecule has 7 heteroatoms. The number of carbonyl (C=O) groups excluding carboxylic acids is 2. The van der Waals surface area contributed by atoms with Crippen LogP contribution >= 0.6 is 0 Å². The van der Waals surface area contributed by atoms with Gasteiger partial charge < -0.3 is 19.9 Å². The van der Waals surface area contributed by atoms with Gasteiger partial charge in [-0.25, -0.2) is 0 Å². The van der Waals surface area contributed by atoms with Crippen LogP contribution in [0.3, 0.4) is 0 Å². The Morgan fingerprint density at radius 3 is 2.47 bits per heavy atom. The lowest BCUT2D eigenvalue weighted by atomic mass is 10.2. The summed E-state index contributed by atoms with van der Waals surface area (Å²) in [6, 6.07) is 16.1. The SMILES string of the molecule is Cc1cccc(N2CCN(CCCCNC(=O)COc3ccc(N4CCCC4=O)cc3)CC2)c1. The van der Waals surface area contributed by atoms with Crippen LogP contribution in [0.1, 0.15) is 31.2 Å². The number of rotatable bonds is 10. The lowest BCUT2D eigenvalue weighted by molar-refractivity contribution is -0.123. The van der Waals surface area contributed by atoms with Crippen LogP contribution in [0.4, 0.5) is 11.4 Å². The second-order valence-corrected chi connectivity index (χ2v) is 9.16. The first-order chi connectivity index (χ1) is 16.6. The molecule has 2 aromatic carbocycles. The molecule has 34 heavy (non-hydrogen) atoms. The Morgan fingerprint density at radius 1 is 0.971 bits per heavy atom. The molecule has 0 spiro atoms. The number of piperazine rings is 1. The summed E-state index contributed by atoms with van der Waals surface area (Å²) in [7, 11) is 0. The molecule has 0 saturated carbocycles. The third kappa shape index (κ3) is 6.73. The molecule has 0 unspecified atom stereocenters. The number of amides is 2. The van der Waals surface area contributed by atoms with Crippen LogP contribution in [-0.2, 0) is 9.59 Å². The molecule has 2 fully saturated rings. The Kier molecular flexibility index (Phi) is 8.41. The van der Waals surface area contributed by atoms with E-state index in [1.165, 1.54) is 11.3 Å². The van der Waals surface area contributed by atoms with Gasteiger partial charge in [-0.3, -0.25) is 14.5 Å². The quantitative estimate of drug-likeness (QED) is 0.547. The zero-order chi connectivity index (χ0) is 23.8. The van der Waals surface area contributed by atoms with Crippen LogP contribution in [0.15, 0.2) is 48.5 Å². The molecule has 0 aliphatic carbocycles. The molecule has 2 aliphatic rings. The maximum atomic E-state index is 12.1. The molecule has 0 atom stereocenters. The third-order valence-corrected chi connectivity index (χ3v) is 6.55. The molecular weight excluding hydrogens is 428 g/mol. The number of unbranched alkanes of at least 4 members (excludes halogenated alkanes) is 1. The van der Waals surface area contributed by atoms with Crippen molar-refractivity contribution in [3.63, 3.8) is 0 Å². The average molecular weight is 465 g/mol. The van der Waals surface area contributed by atoms with Crippen molar-refractivity contribution in [3.8, 4) is 5.75 Å². The van der Waals surface area contributed by atoms with Crippen molar-refractivity contribution < 1.29 is 14.3 Å². The van der Waals surface area contributed by atoms with E-state index in [-0.39, 0.29) is 18.4 Å². The van der Waals surface area contributed by atoms with E-state index < -0.39 is 0 Å². The molecule has 2 heterocycles. The Bertz CT molecular complexity index is 955. The smallest absolute Gasteiger partial charge is 0.257 e. The van der Waals surface area contributed by atoms with Crippen molar-refractivity contribution in [3.05, 3.63) is 54.1 Å². The second-order valence-electron chi connectivity index (χ2n) is 9.16. The Balaban J connectivity index is 1.06. The number of nitrogens with one attached hydrogen (secondary N) is 1. The van der Waals surface area contributed by atoms with Crippen molar-refractivity contribution in [2.45, 2.75) is 32.6 Å². The van der Waals surface area contributed by atoms with Crippen molar-refractivity contribution in [1.29, 1.82) is 0 Å². The summed E-state index contributed by atoms with van der Waals surface area (Å²) in [4.78, 5) is 30.7. The normalized spacial score (nSPS) is 16.7. The van der Waals surface area contributed by atoms with Crippen LogP contribution in [0.2, 0.25) is 0 Å². The van der Waals surface area contributed by atoms with Gasteiger partial charge in [-0.15, -0.1) is 0 Å². The molecule has 0 radical (unpaired) electrons. The van der Waals surface area contributed by atoms with Gasteiger partial charge in [0.25, 0.3) is 5.91 Å². The minimum Gasteiger partial charge on any atom is -0.484 e. The molecule has 7 nitrogen and oxygen atoms in total. The first-order valence-electron chi connectivity index (χ1n) is 12.4. The van der Waals surface area contributed by atoms with Gasteiger partial charge >= 0.3 is 0 Å². The maximum Gasteiger partial charge on any atom is 0.257 e. The van der Waals surface area contributed by atoms with E-state index in [1.807, 2.05) is 24.3 Å². The van der Waals surface area contributed by atoms with Gasteiger partial charge in [-0.05, 0) is 74.7 Å². The van der Waals surface area contributed by atoms with E-state index in [0.29, 0.717) is 18.7 Å². The molecule has 1 N–H and O–H groups in total. The third-order valence-electron chi connectivity index (χ3n) is 6.55. The fraction of sp³-hybridized carbons (Fsp3) is 0.481. The van der Waals surface area contributed by atoms with Gasteiger partial charge in [0, 0.05) is 57.1 Å². The number of nitrogens with zero attached hydrogens (tertiary/aromatic N) is 3. The van der Waals surface area contributed by atoms with E-state index in [9.17, 15) is 9.59 Å². The molecule has 2 saturated heterocycles. The molecule has 0 aromatic heterocycles. The molecule has 2 amide bonds.